The number of hydrogen-bond donors (Lipinski definition) is 1. The summed E-state index contributed by atoms with van der Waals surface area (Å²) in [5, 5.41) is 10.9. The predicted molar refractivity (Wildman–Crippen MR) is 53.9 cm³/mol. The number of nitrogens with zero attached hydrogens (tertiary/aromatic N) is 2. The topological polar surface area (TPSA) is 86.1 Å². The molecule has 6 nitrogen and oxygen atoms in total. The minimum atomic E-state index is -2.18. The summed E-state index contributed by atoms with van der Waals surface area (Å²) in [7, 11) is 1.51. The molecule has 1 aliphatic heterocycles. The summed E-state index contributed by atoms with van der Waals surface area (Å²) < 4.78 is 4.80. The van der Waals surface area contributed by atoms with Gasteiger partial charge in [-0.05, 0) is 11.6 Å². The van der Waals surface area contributed by atoms with E-state index in [1.54, 1.807) is 0 Å². The first-order valence-electron chi connectivity index (χ1n) is 3.98. The molecule has 0 aromatic rings. The molecule has 0 radical (unpaired) electrons. The molecule has 1 aliphatic rings. The van der Waals surface area contributed by atoms with Crippen LogP contribution >= 0.6 is 23.2 Å². The van der Waals surface area contributed by atoms with Crippen LogP contribution in [-0.2, 0) is 9.53 Å². The number of carboxylic acids is 1. The van der Waals surface area contributed by atoms with Gasteiger partial charge in [0, 0.05) is 13.5 Å². The number of aliphatic imine (C=N–C) groups is 2. The van der Waals surface area contributed by atoms with Crippen LogP contribution in [0.2, 0.25) is 0 Å². The summed E-state index contributed by atoms with van der Waals surface area (Å²) in [6, 6.07) is 0. The Morgan fingerprint density at radius 2 is 2.25 bits per heavy atom. The van der Waals surface area contributed by atoms with Gasteiger partial charge >= 0.3 is 29.6 Å². The summed E-state index contributed by atoms with van der Waals surface area (Å²) in [6.07, 6.45) is 0.351. The van der Waals surface area contributed by atoms with Crippen molar-refractivity contribution in [1.29, 1.82) is 0 Å². The number of nitrogens with one attached hydrogen (secondary N) is 1. The SMILES string of the molecule is COCCC1=NC(Cl)(C(=O)[O-])N=C(Cl)N1.[Na+]. The molecule has 0 saturated heterocycles. The number of amidine groups is 2. The maximum atomic E-state index is 10.7. The fourth-order valence-corrected chi connectivity index (χ4v) is 1.38. The first-order chi connectivity index (χ1) is 6.98. The third kappa shape index (κ3) is 4.20. The number of hydrogen-bond acceptors (Lipinski definition) is 6. The molecule has 0 amide bonds. The van der Waals surface area contributed by atoms with Gasteiger partial charge in [-0.25, -0.2) is 9.98 Å². The Morgan fingerprint density at radius 3 is 2.75 bits per heavy atom. The third-order valence-corrected chi connectivity index (χ3v) is 2.08. The van der Waals surface area contributed by atoms with Gasteiger partial charge in [0.05, 0.1) is 6.61 Å². The van der Waals surface area contributed by atoms with Crippen molar-refractivity contribution < 1.29 is 44.2 Å². The normalized spacial score (nSPS) is 23.7. The number of ether oxygens (including phenoxy) is 1. The van der Waals surface area contributed by atoms with E-state index in [1.807, 2.05) is 0 Å². The van der Waals surface area contributed by atoms with E-state index < -0.39 is 11.1 Å². The number of methoxy groups -OCH3 is 1. The number of rotatable bonds is 4. The molecule has 0 spiro atoms. The van der Waals surface area contributed by atoms with Gasteiger partial charge in [0.15, 0.2) is 5.29 Å². The number of alkyl halides is 1. The molecule has 1 rings (SSSR count). The second-order valence-electron chi connectivity index (χ2n) is 2.70. The van der Waals surface area contributed by atoms with Crippen LogP contribution in [0.1, 0.15) is 6.42 Å². The molecule has 1 heterocycles. The molecule has 0 fully saturated rings. The van der Waals surface area contributed by atoms with Crippen LogP contribution in [0.25, 0.3) is 0 Å². The first-order valence-corrected chi connectivity index (χ1v) is 4.74. The molecule has 16 heavy (non-hydrogen) atoms. The van der Waals surface area contributed by atoms with E-state index in [4.69, 9.17) is 27.9 Å². The van der Waals surface area contributed by atoms with Gasteiger partial charge in [0.2, 0.25) is 0 Å². The molecule has 0 aromatic heterocycles. The van der Waals surface area contributed by atoms with Crippen molar-refractivity contribution in [3.05, 3.63) is 0 Å². The Bertz CT molecular complexity index is 337. The quantitative estimate of drug-likeness (QED) is 0.325. The van der Waals surface area contributed by atoms with Crippen LogP contribution < -0.4 is 40.0 Å². The smallest absolute Gasteiger partial charge is 0.544 e. The minimum absolute atomic E-state index is 0. The predicted octanol–water partition coefficient (Wildman–Crippen LogP) is -3.73. The van der Waals surface area contributed by atoms with Gasteiger partial charge in [-0.3, -0.25) is 0 Å². The van der Waals surface area contributed by atoms with E-state index >= 15 is 0 Å². The fraction of sp³-hybridized carbons (Fsp3) is 0.571. The van der Waals surface area contributed by atoms with Gasteiger partial charge < -0.3 is 20.0 Å². The second kappa shape index (κ2) is 6.78. The van der Waals surface area contributed by atoms with Gasteiger partial charge in [0.1, 0.15) is 11.8 Å². The first kappa shape index (κ1) is 16.1. The number of carbonyl (C=O) groups excluding carboxylic acids is 1. The van der Waals surface area contributed by atoms with Crippen molar-refractivity contribution in [3.63, 3.8) is 0 Å². The van der Waals surface area contributed by atoms with Crippen LogP contribution in [0, 0.1) is 0 Å². The Kier molecular flexibility index (Phi) is 6.84. The number of aliphatic carboxylic acids is 1. The summed E-state index contributed by atoms with van der Waals surface area (Å²) in [5.41, 5.74) is 0. The zero-order valence-corrected chi connectivity index (χ0v) is 12.3. The van der Waals surface area contributed by atoms with E-state index in [-0.39, 0.29) is 40.7 Å². The zero-order chi connectivity index (χ0) is 11.5. The molecule has 1 N–H and O–H groups in total. The molecule has 1 unspecified atom stereocenters. The van der Waals surface area contributed by atoms with Crippen molar-refractivity contribution in [3.8, 4) is 0 Å². The molecular formula is C7H8Cl2N3NaO3. The monoisotopic (exact) mass is 275 g/mol. The Hall–Kier alpha value is 0.150. The van der Waals surface area contributed by atoms with Gasteiger partial charge in [-0.2, -0.15) is 0 Å². The van der Waals surface area contributed by atoms with Crippen molar-refractivity contribution in [2.75, 3.05) is 13.7 Å². The Labute approximate surface area is 124 Å². The maximum Gasteiger partial charge on any atom is 1.00 e. The molecule has 84 valence electrons. The maximum absolute atomic E-state index is 10.7. The third-order valence-electron chi connectivity index (χ3n) is 1.58. The minimum Gasteiger partial charge on any atom is -0.544 e. The van der Waals surface area contributed by atoms with E-state index in [0.29, 0.717) is 13.0 Å². The van der Waals surface area contributed by atoms with E-state index in [9.17, 15) is 9.90 Å². The van der Waals surface area contributed by atoms with Gasteiger partial charge in [-0.1, -0.05) is 11.6 Å². The number of carbonyl (C=O) groups is 1. The van der Waals surface area contributed by atoms with E-state index in [2.05, 4.69) is 15.3 Å². The Balaban J connectivity index is 0.00000225. The number of halogens is 2. The average molecular weight is 276 g/mol. The van der Waals surface area contributed by atoms with Gasteiger partial charge in [0.25, 0.3) is 5.12 Å². The average Bonchev–Trinajstić information content (AvgIpc) is 2.13. The molecular weight excluding hydrogens is 268 g/mol. The van der Waals surface area contributed by atoms with Crippen molar-refractivity contribution in [2.24, 2.45) is 9.98 Å². The van der Waals surface area contributed by atoms with Gasteiger partial charge in [-0.15, -0.1) is 0 Å². The van der Waals surface area contributed by atoms with Crippen molar-refractivity contribution in [1.82, 2.24) is 5.32 Å². The van der Waals surface area contributed by atoms with Crippen LogP contribution in [0.15, 0.2) is 9.98 Å². The summed E-state index contributed by atoms with van der Waals surface area (Å²) in [6.45, 7) is 0.357. The standard InChI is InChI=1S/C7H9Cl2N3O3.Na/c1-15-3-2-4-10-6(8)12-7(9,11-4)5(13)14;/h2-3H2,1H3,(H,13,14)(H,10,11,12);/q;+1/p-1. The summed E-state index contributed by atoms with van der Waals surface area (Å²) in [4.78, 5) is 17.7. The molecule has 1 atom stereocenters. The van der Waals surface area contributed by atoms with Crippen LogP contribution in [0.3, 0.4) is 0 Å². The van der Waals surface area contributed by atoms with Crippen LogP contribution in [-0.4, -0.2) is 35.9 Å². The fourth-order valence-electron chi connectivity index (χ4n) is 0.917. The molecule has 0 aromatic carbocycles. The van der Waals surface area contributed by atoms with E-state index in [0.717, 1.165) is 0 Å². The molecule has 0 saturated carbocycles. The molecule has 9 heteroatoms. The summed E-state index contributed by atoms with van der Waals surface area (Å²) in [5.74, 6) is -1.34. The van der Waals surface area contributed by atoms with E-state index in [1.165, 1.54) is 7.11 Å². The zero-order valence-electron chi connectivity index (χ0n) is 8.79. The molecule has 0 bridgehead atoms. The van der Waals surface area contributed by atoms with Crippen LogP contribution in [0.5, 0.6) is 0 Å². The van der Waals surface area contributed by atoms with Crippen molar-refractivity contribution >= 4 is 40.3 Å². The number of carboxylic acid groups (broad SMARTS) is 1. The second-order valence-corrected chi connectivity index (χ2v) is 3.59. The summed E-state index contributed by atoms with van der Waals surface area (Å²) >= 11 is 11.1. The largest absolute Gasteiger partial charge is 1.00 e. The Morgan fingerprint density at radius 1 is 1.62 bits per heavy atom. The molecule has 0 aliphatic carbocycles. The van der Waals surface area contributed by atoms with Crippen molar-refractivity contribution in [2.45, 2.75) is 11.5 Å². The van der Waals surface area contributed by atoms with Crippen LogP contribution in [0.4, 0.5) is 0 Å².